The lowest BCUT2D eigenvalue weighted by molar-refractivity contribution is -0.893. The van der Waals surface area contributed by atoms with Gasteiger partial charge in [0.2, 0.25) is 0 Å². The predicted octanol–water partition coefficient (Wildman–Crippen LogP) is 0.392. The Bertz CT molecular complexity index is 315. The summed E-state index contributed by atoms with van der Waals surface area (Å²) >= 11 is 0. The largest absolute Gasteiger partial charge is 0.382 e. The molecule has 0 saturated heterocycles. The van der Waals surface area contributed by atoms with Gasteiger partial charge in [0, 0.05) is 14.2 Å². The van der Waals surface area contributed by atoms with Crippen LogP contribution >= 0.6 is 0 Å². The van der Waals surface area contributed by atoms with Crippen molar-refractivity contribution in [3.8, 4) is 0 Å². The van der Waals surface area contributed by atoms with Crippen LogP contribution in [0.25, 0.3) is 0 Å². The minimum atomic E-state index is -3.83. The maximum atomic E-state index is 10.6. The van der Waals surface area contributed by atoms with Gasteiger partial charge in [-0.1, -0.05) is 0 Å². The van der Waals surface area contributed by atoms with Crippen LogP contribution in [0.15, 0.2) is 0 Å². The van der Waals surface area contributed by atoms with Crippen LogP contribution in [0.3, 0.4) is 0 Å². The van der Waals surface area contributed by atoms with Crippen molar-refractivity contribution in [2.45, 2.75) is 18.9 Å². The normalized spacial score (nSPS) is 14.7. The smallest absolute Gasteiger partial charge is 0.264 e. The SMILES string of the molecule is COCC(C[N+](C)(C)CCCCS(=O)(=O)O)OC. The van der Waals surface area contributed by atoms with Crippen molar-refractivity contribution in [3.63, 3.8) is 0 Å². The topological polar surface area (TPSA) is 72.8 Å². The lowest BCUT2D eigenvalue weighted by Gasteiger charge is -2.32. The highest BCUT2D eigenvalue weighted by molar-refractivity contribution is 7.85. The molecule has 0 saturated carbocycles. The van der Waals surface area contributed by atoms with Crippen molar-refractivity contribution in [1.82, 2.24) is 0 Å². The molecule has 0 aliphatic rings. The van der Waals surface area contributed by atoms with E-state index < -0.39 is 10.1 Å². The summed E-state index contributed by atoms with van der Waals surface area (Å²) in [5, 5.41) is 0. The fourth-order valence-corrected chi connectivity index (χ4v) is 2.42. The van der Waals surface area contributed by atoms with E-state index in [1.165, 1.54) is 0 Å². The molecular weight excluding hydrogens is 258 g/mol. The van der Waals surface area contributed by atoms with E-state index in [9.17, 15) is 8.42 Å². The highest BCUT2D eigenvalue weighted by Crippen LogP contribution is 2.06. The molecule has 0 aromatic carbocycles. The van der Waals surface area contributed by atoms with Crippen molar-refractivity contribution in [3.05, 3.63) is 0 Å². The Morgan fingerprint density at radius 2 is 1.83 bits per heavy atom. The van der Waals surface area contributed by atoms with E-state index in [2.05, 4.69) is 14.1 Å². The fourth-order valence-electron chi connectivity index (χ4n) is 1.85. The zero-order chi connectivity index (χ0) is 14.2. The number of nitrogens with zero attached hydrogens (tertiary/aromatic N) is 1. The molecule has 0 heterocycles. The number of quaternary nitrogens is 1. The van der Waals surface area contributed by atoms with Gasteiger partial charge in [0.15, 0.2) is 0 Å². The summed E-state index contributed by atoms with van der Waals surface area (Å²) in [5.41, 5.74) is 0. The Hall–Kier alpha value is -0.210. The van der Waals surface area contributed by atoms with Gasteiger partial charge in [-0.25, -0.2) is 0 Å². The Balaban J connectivity index is 3.98. The van der Waals surface area contributed by atoms with Crippen LogP contribution in [-0.2, 0) is 19.6 Å². The third kappa shape index (κ3) is 9.78. The van der Waals surface area contributed by atoms with E-state index in [1.807, 2.05) is 0 Å². The highest BCUT2D eigenvalue weighted by Gasteiger charge is 2.21. The molecule has 0 aromatic rings. The molecule has 0 radical (unpaired) electrons. The van der Waals surface area contributed by atoms with Gasteiger partial charge in [0.1, 0.15) is 12.6 Å². The van der Waals surface area contributed by atoms with Crippen LogP contribution in [-0.4, -0.2) is 77.3 Å². The summed E-state index contributed by atoms with van der Waals surface area (Å²) in [7, 11) is 3.59. The Kier molecular flexibility index (Phi) is 7.97. The van der Waals surface area contributed by atoms with E-state index in [-0.39, 0.29) is 11.9 Å². The summed E-state index contributed by atoms with van der Waals surface area (Å²) in [6.07, 6.45) is 1.25. The maximum absolute atomic E-state index is 10.6. The van der Waals surface area contributed by atoms with Gasteiger partial charge < -0.3 is 14.0 Å². The number of methoxy groups -OCH3 is 2. The van der Waals surface area contributed by atoms with Gasteiger partial charge in [-0.3, -0.25) is 4.55 Å². The zero-order valence-corrected chi connectivity index (χ0v) is 12.6. The Labute approximate surface area is 110 Å². The molecule has 1 atom stereocenters. The van der Waals surface area contributed by atoms with Crippen LogP contribution in [0.1, 0.15) is 12.8 Å². The molecule has 0 aromatic heterocycles. The summed E-state index contributed by atoms with van der Waals surface area (Å²) in [6, 6.07) is 0. The predicted molar refractivity (Wildman–Crippen MR) is 70.2 cm³/mol. The van der Waals surface area contributed by atoms with Crippen molar-refractivity contribution in [1.29, 1.82) is 0 Å². The van der Waals surface area contributed by atoms with Gasteiger partial charge >= 0.3 is 0 Å². The molecule has 18 heavy (non-hydrogen) atoms. The molecule has 0 aliphatic heterocycles. The molecular formula is C11H26NO5S+. The molecule has 110 valence electrons. The maximum Gasteiger partial charge on any atom is 0.264 e. The molecule has 6 nitrogen and oxygen atoms in total. The van der Waals surface area contributed by atoms with Gasteiger partial charge in [-0.2, -0.15) is 8.42 Å². The van der Waals surface area contributed by atoms with Gasteiger partial charge in [0.05, 0.1) is 33.0 Å². The average molecular weight is 284 g/mol. The first-order valence-corrected chi connectivity index (χ1v) is 7.60. The van der Waals surface area contributed by atoms with Gasteiger partial charge in [-0.05, 0) is 12.8 Å². The van der Waals surface area contributed by atoms with E-state index in [0.717, 1.165) is 24.0 Å². The Morgan fingerprint density at radius 1 is 1.22 bits per heavy atom. The first-order valence-electron chi connectivity index (χ1n) is 5.99. The highest BCUT2D eigenvalue weighted by atomic mass is 32.2. The second kappa shape index (κ2) is 8.06. The molecule has 7 heteroatoms. The zero-order valence-electron chi connectivity index (χ0n) is 11.8. The molecule has 0 fully saturated rings. The van der Waals surface area contributed by atoms with Crippen LogP contribution in [0, 0.1) is 0 Å². The monoisotopic (exact) mass is 284 g/mol. The molecule has 0 spiro atoms. The third-order valence-corrected chi connectivity index (χ3v) is 3.60. The van der Waals surface area contributed by atoms with Crippen LogP contribution < -0.4 is 0 Å². The number of unbranched alkanes of at least 4 members (excludes halogenated alkanes) is 1. The lowest BCUT2D eigenvalue weighted by Crippen LogP contribution is -2.47. The van der Waals surface area contributed by atoms with Crippen molar-refractivity contribution < 1.29 is 26.9 Å². The standard InChI is InChI=1S/C11H25NO5S/c1-12(2,9-11(17-4)10-16-3)7-5-6-8-18(13,14)15/h11H,5-10H2,1-4H3/p+1. The second-order valence-electron chi connectivity index (χ2n) is 5.15. The number of likely N-dealkylation sites (N-methyl/N-ethyl adjacent to an activating group) is 1. The molecule has 0 rings (SSSR count). The summed E-state index contributed by atoms with van der Waals surface area (Å²) in [6.45, 7) is 2.18. The summed E-state index contributed by atoms with van der Waals surface area (Å²) in [4.78, 5) is 0. The molecule has 0 aliphatic carbocycles. The molecule has 0 amide bonds. The first-order chi connectivity index (χ1) is 8.20. The van der Waals surface area contributed by atoms with E-state index in [4.69, 9.17) is 14.0 Å². The summed E-state index contributed by atoms with van der Waals surface area (Å²) in [5.74, 6) is -0.168. The average Bonchev–Trinajstić information content (AvgIpc) is 2.22. The fraction of sp³-hybridized carbons (Fsp3) is 1.00. The van der Waals surface area contributed by atoms with Crippen molar-refractivity contribution in [2.75, 3.05) is 53.8 Å². The van der Waals surface area contributed by atoms with Gasteiger partial charge in [-0.15, -0.1) is 0 Å². The van der Waals surface area contributed by atoms with Crippen LogP contribution in [0.4, 0.5) is 0 Å². The van der Waals surface area contributed by atoms with Gasteiger partial charge in [0.25, 0.3) is 10.1 Å². The number of ether oxygens (including phenoxy) is 2. The minimum absolute atomic E-state index is 0.0339. The number of rotatable bonds is 10. The van der Waals surface area contributed by atoms with Crippen molar-refractivity contribution >= 4 is 10.1 Å². The van der Waals surface area contributed by atoms with Crippen molar-refractivity contribution in [2.24, 2.45) is 0 Å². The van der Waals surface area contributed by atoms with Crippen LogP contribution in [0.5, 0.6) is 0 Å². The first kappa shape index (κ1) is 17.8. The molecule has 1 N–H and O–H groups in total. The number of hydrogen-bond donors (Lipinski definition) is 1. The summed E-state index contributed by atoms with van der Waals surface area (Å²) < 4.78 is 40.9. The third-order valence-electron chi connectivity index (χ3n) is 2.80. The lowest BCUT2D eigenvalue weighted by atomic mass is 10.2. The minimum Gasteiger partial charge on any atom is -0.382 e. The van der Waals surface area contributed by atoms with E-state index in [1.54, 1.807) is 14.2 Å². The Morgan fingerprint density at radius 3 is 2.28 bits per heavy atom. The molecule has 1 unspecified atom stereocenters. The van der Waals surface area contributed by atoms with E-state index in [0.29, 0.717) is 13.0 Å². The van der Waals surface area contributed by atoms with E-state index >= 15 is 0 Å². The van der Waals surface area contributed by atoms with Crippen LogP contribution in [0.2, 0.25) is 0 Å². The quantitative estimate of drug-likeness (QED) is 0.357. The molecule has 0 bridgehead atoms. The number of hydrogen-bond acceptors (Lipinski definition) is 4. The second-order valence-corrected chi connectivity index (χ2v) is 6.72.